The van der Waals surface area contributed by atoms with Gasteiger partial charge in [0.1, 0.15) is 11.9 Å². The summed E-state index contributed by atoms with van der Waals surface area (Å²) in [6.45, 7) is 0.148. The zero-order valence-electron chi connectivity index (χ0n) is 7.93. The smallest absolute Gasteiger partial charge is 0.255 e. The van der Waals surface area contributed by atoms with Crippen LogP contribution in [-0.4, -0.2) is 30.6 Å². The van der Waals surface area contributed by atoms with E-state index in [4.69, 9.17) is 10.5 Å². The molecule has 1 unspecified atom stereocenters. The van der Waals surface area contributed by atoms with Crippen LogP contribution in [0.15, 0.2) is 24.4 Å². The van der Waals surface area contributed by atoms with Crippen molar-refractivity contribution in [3.8, 4) is 0 Å². The molecule has 1 atom stereocenters. The number of nitrogens with zero attached hydrogens (tertiary/aromatic N) is 1. The summed E-state index contributed by atoms with van der Waals surface area (Å²) in [7, 11) is 1.44. The highest BCUT2D eigenvalue weighted by atomic mass is 16.5. The lowest BCUT2D eigenvalue weighted by Crippen LogP contribution is -2.36. The van der Waals surface area contributed by atoms with E-state index >= 15 is 0 Å². The van der Waals surface area contributed by atoms with E-state index in [1.165, 1.54) is 7.11 Å². The van der Waals surface area contributed by atoms with Crippen molar-refractivity contribution in [1.29, 1.82) is 0 Å². The summed E-state index contributed by atoms with van der Waals surface area (Å²) in [5.74, 6) is 0.210. The van der Waals surface area contributed by atoms with Gasteiger partial charge in [-0.05, 0) is 12.1 Å². The summed E-state index contributed by atoms with van der Waals surface area (Å²) in [6.07, 6.45) is 0.969. The van der Waals surface area contributed by atoms with Crippen molar-refractivity contribution in [3.05, 3.63) is 24.4 Å². The number of nitrogens with two attached hydrogens (primary N) is 1. The van der Waals surface area contributed by atoms with E-state index in [1.807, 2.05) is 0 Å². The average Bonchev–Trinajstić information content (AvgIpc) is 2.21. The Kier molecular flexibility index (Phi) is 4.03. The molecule has 1 rings (SSSR count). The van der Waals surface area contributed by atoms with Crippen LogP contribution in [0.4, 0.5) is 5.82 Å². The molecule has 5 nitrogen and oxygen atoms in total. The minimum absolute atomic E-state index is 0.148. The Labute approximate surface area is 82.3 Å². The van der Waals surface area contributed by atoms with Crippen molar-refractivity contribution in [3.63, 3.8) is 0 Å². The molecular weight excluding hydrogens is 182 g/mol. The fraction of sp³-hybridized carbons (Fsp3) is 0.333. The third-order valence-electron chi connectivity index (χ3n) is 1.71. The van der Waals surface area contributed by atoms with Crippen LogP contribution in [0.1, 0.15) is 0 Å². The Morgan fingerprint density at radius 3 is 3.00 bits per heavy atom. The van der Waals surface area contributed by atoms with Gasteiger partial charge in [-0.1, -0.05) is 6.07 Å². The standard InChI is InChI=1S/C9H13N3O2/c1-14-7(6-10)9(13)12-8-4-2-3-5-11-8/h2-5,7H,6,10H2,1H3,(H,11,12,13). The van der Waals surface area contributed by atoms with Crippen molar-refractivity contribution < 1.29 is 9.53 Å². The van der Waals surface area contributed by atoms with Gasteiger partial charge in [0, 0.05) is 19.9 Å². The van der Waals surface area contributed by atoms with Gasteiger partial charge >= 0.3 is 0 Å². The summed E-state index contributed by atoms with van der Waals surface area (Å²) in [5.41, 5.74) is 5.33. The van der Waals surface area contributed by atoms with E-state index in [2.05, 4.69) is 10.3 Å². The van der Waals surface area contributed by atoms with E-state index in [0.29, 0.717) is 5.82 Å². The Hall–Kier alpha value is -1.46. The number of hydrogen-bond donors (Lipinski definition) is 2. The van der Waals surface area contributed by atoms with Gasteiger partial charge in [0.15, 0.2) is 0 Å². The van der Waals surface area contributed by atoms with Crippen LogP contribution < -0.4 is 11.1 Å². The Bertz CT molecular complexity index is 285. The third kappa shape index (κ3) is 2.79. The van der Waals surface area contributed by atoms with Gasteiger partial charge in [0.25, 0.3) is 5.91 Å². The molecule has 0 aliphatic heterocycles. The Balaban J connectivity index is 2.57. The third-order valence-corrected chi connectivity index (χ3v) is 1.71. The second-order valence-corrected chi connectivity index (χ2v) is 2.66. The van der Waals surface area contributed by atoms with Gasteiger partial charge in [-0.3, -0.25) is 4.79 Å². The molecule has 0 spiro atoms. The average molecular weight is 195 g/mol. The predicted octanol–water partition coefficient (Wildman–Crippen LogP) is -0.00620. The molecule has 1 aromatic rings. The lowest BCUT2D eigenvalue weighted by atomic mass is 10.3. The minimum Gasteiger partial charge on any atom is -0.370 e. The number of hydrogen-bond acceptors (Lipinski definition) is 4. The first kappa shape index (κ1) is 10.6. The number of anilines is 1. The van der Waals surface area contributed by atoms with Gasteiger partial charge in [0.2, 0.25) is 0 Å². The molecule has 0 fully saturated rings. The van der Waals surface area contributed by atoms with Crippen molar-refractivity contribution in [2.24, 2.45) is 5.73 Å². The topological polar surface area (TPSA) is 77.2 Å². The molecule has 1 aromatic heterocycles. The summed E-state index contributed by atoms with van der Waals surface area (Å²) in [5, 5.41) is 2.59. The van der Waals surface area contributed by atoms with Crippen LogP contribution in [-0.2, 0) is 9.53 Å². The van der Waals surface area contributed by atoms with Crippen LogP contribution in [0.3, 0.4) is 0 Å². The second-order valence-electron chi connectivity index (χ2n) is 2.66. The molecule has 0 aliphatic rings. The van der Waals surface area contributed by atoms with Crippen LogP contribution in [0.5, 0.6) is 0 Å². The molecule has 3 N–H and O–H groups in total. The second kappa shape index (κ2) is 5.31. The van der Waals surface area contributed by atoms with E-state index < -0.39 is 6.10 Å². The van der Waals surface area contributed by atoms with Gasteiger partial charge in [-0.25, -0.2) is 4.98 Å². The number of methoxy groups -OCH3 is 1. The molecule has 0 aliphatic carbocycles. The van der Waals surface area contributed by atoms with Gasteiger partial charge in [-0.2, -0.15) is 0 Å². The number of ether oxygens (including phenoxy) is 1. The van der Waals surface area contributed by atoms with Crippen molar-refractivity contribution in [2.45, 2.75) is 6.10 Å². The normalized spacial score (nSPS) is 12.1. The summed E-state index contributed by atoms with van der Waals surface area (Å²) < 4.78 is 4.87. The number of rotatable bonds is 4. The number of amides is 1. The SMILES string of the molecule is COC(CN)C(=O)Nc1ccccn1. The lowest BCUT2D eigenvalue weighted by molar-refractivity contribution is -0.125. The van der Waals surface area contributed by atoms with Gasteiger partial charge in [0.05, 0.1) is 0 Å². The molecule has 0 saturated heterocycles. The molecule has 0 radical (unpaired) electrons. The summed E-state index contributed by atoms with van der Waals surface area (Å²) in [4.78, 5) is 15.4. The Morgan fingerprint density at radius 2 is 2.50 bits per heavy atom. The molecule has 0 saturated carbocycles. The van der Waals surface area contributed by atoms with E-state index in [1.54, 1.807) is 24.4 Å². The van der Waals surface area contributed by atoms with Crippen LogP contribution in [0.2, 0.25) is 0 Å². The number of carbonyl (C=O) groups is 1. The van der Waals surface area contributed by atoms with Gasteiger partial charge < -0.3 is 15.8 Å². The first-order valence-corrected chi connectivity index (χ1v) is 4.22. The lowest BCUT2D eigenvalue weighted by Gasteiger charge is -2.11. The fourth-order valence-electron chi connectivity index (χ4n) is 0.954. The van der Waals surface area contributed by atoms with Crippen LogP contribution >= 0.6 is 0 Å². The first-order valence-electron chi connectivity index (χ1n) is 4.22. The van der Waals surface area contributed by atoms with E-state index in [0.717, 1.165) is 0 Å². The highest BCUT2D eigenvalue weighted by Crippen LogP contribution is 2.01. The van der Waals surface area contributed by atoms with Crippen molar-refractivity contribution in [1.82, 2.24) is 4.98 Å². The van der Waals surface area contributed by atoms with E-state index in [-0.39, 0.29) is 12.5 Å². The first-order chi connectivity index (χ1) is 6.77. The molecule has 1 heterocycles. The van der Waals surface area contributed by atoms with E-state index in [9.17, 15) is 4.79 Å². The van der Waals surface area contributed by atoms with Crippen molar-refractivity contribution >= 4 is 11.7 Å². The van der Waals surface area contributed by atoms with Gasteiger partial charge in [-0.15, -0.1) is 0 Å². The monoisotopic (exact) mass is 195 g/mol. The number of pyridine rings is 1. The zero-order valence-corrected chi connectivity index (χ0v) is 7.93. The minimum atomic E-state index is -0.628. The largest absolute Gasteiger partial charge is 0.370 e. The van der Waals surface area contributed by atoms with Crippen LogP contribution in [0.25, 0.3) is 0 Å². The zero-order chi connectivity index (χ0) is 10.4. The summed E-state index contributed by atoms with van der Waals surface area (Å²) in [6, 6.07) is 5.25. The molecular formula is C9H13N3O2. The molecule has 5 heteroatoms. The molecule has 14 heavy (non-hydrogen) atoms. The highest BCUT2D eigenvalue weighted by Gasteiger charge is 2.15. The molecule has 0 bridgehead atoms. The molecule has 0 aromatic carbocycles. The predicted molar refractivity (Wildman–Crippen MR) is 52.7 cm³/mol. The maximum absolute atomic E-state index is 11.4. The van der Waals surface area contributed by atoms with Crippen molar-refractivity contribution in [2.75, 3.05) is 19.0 Å². The number of carbonyl (C=O) groups excluding carboxylic acids is 1. The highest BCUT2D eigenvalue weighted by molar-refractivity contribution is 5.93. The number of nitrogens with one attached hydrogen (secondary N) is 1. The Morgan fingerprint density at radius 1 is 1.71 bits per heavy atom. The van der Waals surface area contributed by atoms with Crippen LogP contribution in [0, 0.1) is 0 Å². The molecule has 1 amide bonds. The fourth-order valence-corrected chi connectivity index (χ4v) is 0.954. The summed E-state index contributed by atoms with van der Waals surface area (Å²) >= 11 is 0. The number of aromatic nitrogens is 1. The maximum Gasteiger partial charge on any atom is 0.255 e. The molecule has 76 valence electrons. The quantitative estimate of drug-likeness (QED) is 0.708. The maximum atomic E-state index is 11.4.